The number of carbonyl (C=O) groups is 4. The maximum Gasteiger partial charge on any atom is 0.409 e. The van der Waals surface area contributed by atoms with Crippen LogP contribution >= 0.6 is 0 Å². The Bertz CT molecular complexity index is 1510. The fourth-order valence-electron chi connectivity index (χ4n) is 5.93. The predicted octanol–water partition coefficient (Wildman–Crippen LogP) is 3.98. The van der Waals surface area contributed by atoms with E-state index >= 15 is 0 Å². The zero-order chi connectivity index (χ0) is 34.3. The van der Waals surface area contributed by atoms with E-state index in [0.717, 1.165) is 11.1 Å². The van der Waals surface area contributed by atoms with Gasteiger partial charge in [-0.15, -0.1) is 0 Å². The van der Waals surface area contributed by atoms with E-state index in [1.165, 1.54) is 0 Å². The molecule has 3 heterocycles. The highest BCUT2D eigenvalue weighted by Gasteiger charge is 2.38. The summed E-state index contributed by atoms with van der Waals surface area (Å²) in [7, 11) is 0. The summed E-state index contributed by atoms with van der Waals surface area (Å²) < 4.78 is 22.3. The summed E-state index contributed by atoms with van der Waals surface area (Å²) >= 11 is 0. The summed E-state index contributed by atoms with van der Waals surface area (Å²) in [6, 6.07) is 9.97. The van der Waals surface area contributed by atoms with Crippen LogP contribution in [0.5, 0.6) is 0 Å². The lowest BCUT2D eigenvalue weighted by Crippen LogP contribution is -2.56. The molecular weight excluding hydrogens is 618 g/mol. The number of amides is 3. The second-order valence-electron chi connectivity index (χ2n) is 13.0. The van der Waals surface area contributed by atoms with Gasteiger partial charge in [-0.1, -0.05) is 36.4 Å². The van der Waals surface area contributed by atoms with E-state index in [9.17, 15) is 19.2 Å². The molecule has 1 aromatic carbocycles. The van der Waals surface area contributed by atoms with Crippen LogP contribution < -0.4 is 5.32 Å². The number of esters is 1. The molecule has 1 aliphatic carbocycles. The standard InChI is InChI=1S/C35H45N5O8/c1-5-45-33(44)40-19-17-39(18-20-40)32(43)26(11-12-29(41)48-34(2,3)4)38-31(42)28-23-27(36-30(37-28)25-9-7-6-8-10-25)24-13-15-35(16-14-24)46-21-22-47-35/h6-10,13,23,26H,5,11-12,14-22H2,1-4H3,(H,38,42)/t26-/m0/s1. The first-order chi connectivity index (χ1) is 22.9. The van der Waals surface area contributed by atoms with Crippen LogP contribution in [0.15, 0.2) is 42.5 Å². The van der Waals surface area contributed by atoms with Crippen molar-refractivity contribution in [2.45, 2.75) is 77.2 Å². The van der Waals surface area contributed by atoms with Crippen LogP contribution in [0.25, 0.3) is 17.0 Å². The fourth-order valence-corrected chi connectivity index (χ4v) is 5.93. The van der Waals surface area contributed by atoms with Gasteiger partial charge in [-0.05, 0) is 52.2 Å². The third kappa shape index (κ3) is 8.95. The first-order valence-corrected chi connectivity index (χ1v) is 16.6. The molecule has 13 nitrogen and oxygen atoms in total. The minimum Gasteiger partial charge on any atom is -0.460 e. The number of allylic oxidation sites excluding steroid dienone is 1. The molecule has 0 radical (unpaired) electrons. The molecular formula is C35H45N5O8. The number of piperazine rings is 1. The van der Waals surface area contributed by atoms with Gasteiger partial charge >= 0.3 is 12.1 Å². The van der Waals surface area contributed by atoms with E-state index in [1.807, 2.05) is 36.4 Å². The van der Waals surface area contributed by atoms with Crippen LogP contribution in [0.3, 0.4) is 0 Å². The third-order valence-corrected chi connectivity index (χ3v) is 8.35. The van der Waals surface area contributed by atoms with Gasteiger partial charge in [-0.2, -0.15) is 0 Å². The summed E-state index contributed by atoms with van der Waals surface area (Å²) in [5.74, 6) is -1.64. The Balaban J connectivity index is 1.38. The number of ether oxygens (including phenoxy) is 4. The van der Waals surface area contributed by atoms with Gasteiger partial charge in [0.15, 0.2) is 11.6 Å². The SMILES string of the molecule is CCOC(=O)N1CCN(C(=O)[C@H](CCC(=O)OC(C)(C)C)NC(=O)c2cc(C3=CCC4(CC3)OCCO4)nc(-c3ccccc3)n2)CC1. The van der Waals surface area contributed by atoms with E-state index < -0.39 is 35.4 Å². The number of benzene rings is 1. The molecule has 1 aromatic heterocycles. The van der Waals surface area contributed by atoms with E-state index in [-0.39, 0.29) is 44.1 Å². The van der Waals surface area contributed by atoms with Crippen molar-refractivity contribution in [2.24, 2.45) is 0 Å². The molecule has 2 saturated heterocycles. The number of carbonyl (C=O) groups excluding carboxylic acids is 4. The van der Waals surface area contributed by atoms with Crippen molar-refractivity contribution in [1.29, 1.82) is 0 Å². The number of nitrogens with zero attached hydrogens (tertiary/aromatic N) is 4. The average Bonchev–Trinajstić information content (AvgIpc) is 3.53. The molecule has 0 saturated carbocycles. The second kappa shape index (κ2) is 15.2. The molecule has 0 bridgehead atoms. The van der Waals surface area contributed by atoms with E-state index in [1.54, 1.807) is 43.6 Å². The van der Waals surface area contributed by atoms with Gasteiger partial charge in [0.25, 0.3) is 5.91 Å². The minimum atomic E-state index is -1.04. The molecule has 3 aliphatic rings. The maximum absolute atomic E-state index is 13.9. The van der Waals surface area contributed by atoms with Crippen molar-refractivity contribution in [2.75, 3.05) is 46.0 Å². The molecule has 5 rings (SSSR count). The van der Waals surface area contributed by atoms with Crippen molar-refractivity contribution in [3.63, 3.8) is 0 Å². The molecule has 48 heavy (non-hydrogen) atoms. The van der Waals surface area contributed by atoms with Gasteiger partial charge in [-0.25, -0.2) is 14.8 Å². The lowest BCUT2D eigenvalue weighted by molar-refractivity contribution is -0.160. The quantitative estimate of drug-likeness (QED) is 0.391. The zero-order valence-corrected chi connectivity index (χ0v) is 28.2. The first kappa shape index (κ1) is 35.0. The minimum absolute atomic E-state index is 0.0221. The fraction of sp³-hybridized carbons (Fsp3) is 0.543. The largest absolute Gasteiger partial charge is 0.460 e. The van der Waals surface area contributed by atoms with E-state index in [2.05, 4.69) is 10.3 Å². The Kier molecular flexibility index (Phi) is 11.1. The molecule has 1 N–H and O–H groups in total. The zero-order valence-electron chi connectivity index (χ0n) is 28.2. The van der Waals surface area contributed by atoms with Gasteiger partial charge in [0.2, 0.25) is 5.91 Å². The van der Waals surface area contributed by atoms with Crippen LogP contribution in [0.1, 0.15) is 76.0 Å². The molecule has 258 valence electrons. The number of nitrogens with one attached hydrogen (secondary N) is 1. The molecule has 0 unspecified atom stereocenters. The summed E-state index contributed by atoms with van der Waals surface area (Å²) in [5.41, 5.74) is 1.69. The van der Waals surface area contributed by atoms with Gasteiger partial charge in [0, 0.05) is 51.0 Å². The highest BCUT2D eigenvalue weighted by atomic mass is 16.7. The van der Waals surface area contributed by atoms with Gasteiger partial charge in [-0.3, -0.25) is 14.4 Å². The van der Waals surface area contributed by atoms with Crippen molar-refractivity contribution < 1.29 is 38.1 Å². The topological polar surface area (TPSA) is 149 Å². The molecule has 1 spiro atoms. The van der Waals surface area contributed by atoms with Crippen molar-refractivity contribution in [1.82, 2.24) is 25.1 Å². The summed E-state index contributed by atoms with van der Waals surface area (Å²) in [6.07, 6.45) is 3.42. The molecule has 2 aromatic rings. The molecule has 13 heteroatoms. The number of rotatable bonds is 9. The highest BCUT2D eigenvalue weighted by Crippen LogP contribution is 2.38. The Morgan fingerprint density at radius 3 is 2.31 bits per heavy atom. The Hall–Kier alpha value is -4.36. The lowest BCUT2D eigenvalue weighted by atomic mass is 9.92. The van der Waals surface area contributed by atoms with Gasteiger partial charge in [0.05, 0.1) is 25.5 Å². The summed E-state index contributed by atoms with van der Waals surface area (Å²) in [4.78, 5) is 65.2. The van der Waals surface area contributed by atoms with E-state index in [0.29, 0.717) is 57.1 Å². The Labute approximate surface area is 281 Å². The van der Waals surface area contributed by atoms with Crippen molar-refractivity contribution in [3.05, 3.63) is 53.9 Å². The lowest BCUT2D eigenvalue weighted by Gasteiger charge is -2.36. The normalized spacial score (nSPS) is 18.2. The smallest absolute Gasteiger partial charge is 0.409 e. The van der Waals surface area contributed by atoms with Crippen molar-refractivity contribution >= 4 is 29.5 Å². The number of hydrogen-bond donors (Lipinski definition) is 1. The Morgan fingerprint density at radius 1 is 1.00 bits per heavy atom. The molecule has 3 amide bonds. The molecule has 1 atom stereocenters. The monoisotopic (exact) mass is 663 g/mol. The Morgan fingerprint density at radius 2 is 1.69 bits per heavy atom. The molecule has 2 aliphatic heterocycles. The highest BCUT2D eigenvalue weighted by molar-refractivity contribution is 5.97. The summed E-state index contributed by atoms with van der Waals surface area (Å²) in [6.45, 7) is 9.53. The van der Waals surface area contributed by atoms with Crippen LogP contribution in [-0.4, -0.2) is 107 Å². The van der Waals surface area contributed by atoms with Gasteiger partial charge < -0.3 is 34.1 Å². The van der Waals surface area contributed by atoms with Crippen molar-refractivity contribution in [3.8, 4) is 11.4 Å². The van der Waals surface area contributed by atoms with Crippen LogP contribution in [0, 0.1) is 0 Å². The van der Waals surface area contributed by atoms with Crippen LogP contribution in [0.4, 0.5) is 4.79 Å². The third-order valence-electron chi connectivity index (χ3n) is 8.35. The van der Waals surface area contributed by atoms with Crippen LogP contribution in [0.2, 0.25) is 0 Å². The van der Waals surface area contributed by atoms with Gasteiger partial charge in [0.1, 0.15) is 17.3 Å². The first-order valence-electron chi connectivity index (χ1n) is 16.6. The predicted molar refractivity (Wildman–Crippen MR) is 175 cm³/mol. The number of hydrogen-bond acceptors (Lipinski definition) is 10. The van der Waals surface area contributed by atoms with E-state index in [4.69, 9.17) is 23.9 Å². The average molecular weight is 664 g/mol. The molecule has 2 fully saturated rings. The second-order valence-corrected chi connectivity index (χ2v) is 13.0. The number of aromatic nitrogens is 2. The summed E-state index contributed by atoms with van der Waals surface area (Å²) in [5, 5.41) is 2.86. The van der Waals surface area contributed by atoms with Crippen LogP contribution in [-0.2, 0) is 28.5 Å². The maximum atomic E-state index is 13.9.